The first kappa shape index (κ1) is 26.8. The first-order valence-electron chi connectivity index (χ1n) is 13.1. The van der Waals surface area contributed by atoms with Crippen LogP contribution in [0.3, 0.4) is 0 Å². The molecule has 37 heavy (non-hydrogen) atoms. The van der Waals surface area contributed by atoms with E-state index in [-0.39, 0.29) is 28.9 Å². The molecule has 0 heterocycles. The maximum atomic E-state index is 15.0. The van der Waals surface area contributed by atoms with E-state index in [2.05, 4.69) is 6.92 Å². The van der Waals surface area contributed by atoms with Crippen molar-refractivity contribution in [2.24, 2.45) is 5.92 Å². The Hall–Kier alpha value is -3.28. The van der Waals surface area contributed by atoms with Crippen molar-refractivity contribution in [2.75, 3.05) is 6.61 Å². The van der Waals surface area contributed by atoms with Crippen LogP contribution in [0.4, 0.5) is 13.2 Å². The molecule has 0 aromatic heterocycles. The molecule has 0 amide bonds. The van der Waals surface area contributed by atoms with Gasteiger partial charge in [-0.05, 0) is 68.2 Å². The van der Waals surface area contributed by atoms with Gasteiger partial charge in [-0.1, -0.05) is 61.7 Å². The van der Waals surface area contributed by atoms with E-state index in [9.17, 15) is 13.6 Å². The lowest BCUT2D eigenvalue weighted by Crippen LogP contribution is -2.25. The molecule has 0 atom stereocenters. The van der Waals surface area contributed by atoms with Gasteiger partial charge in [0.2, 0.25) is 0 Å². The highest BCUT2D eigenvalue weighted by molar-refractivity contribution is 5.75. The third-order valence-corrected chi connectivity index (χ3v) is 7.10. The summed E-state index contributed by atoms with van der Waals surface area (Å²) in [6.07, 6.45) is 4.98. The summed E-state index contributed by atoms with van der Waals surface area (Å²) in [5, 5.41) is 0. The second-order valence-electron chi connectivity index (χ2n) is 9.81. The van der Waals surface area contributed by atoms with Gasteiger partial charge in [0.15, 0.2) is 23.2 Å². The summed E-state index contributed by atoms with van der Waals surface area (Å²) < 4.78 is 55.2. The van der Waals surface area contributed by atoms with Gasteiger partial charge < -0.3 is 9.47 Å². The molecule has 0 aliphatic heterocycles. The molecular weight excluding hydrogens is 477 g/mol. The number of aryl methyl sites for hydroxylation is 1. The molecule has 3 nitrogen and oxygen atoms in total. The predicted octanol–water partition coefficient (Wildman–Crippen LogP) is 8.53. The van der Waals surface area contributed by atoms with E-state index in [0.29, 0.717) is 43.4 Å². The fraction of sp³-hybridized carbons (Fsp3) is 0.387. The van der Waals surface area contributed by atoms with Gasteiger partial charge in [-0.25, -0.2) is 13.2 Å². The molecule has 0 N–H and O–H groups in total. The van der Waals surface area contributed by atoms with E-state index in [1.807, 2.05) is 19.1 Å². The average molecular weight is 511 g/mol. The van der Waals surface area contributed by atoms with E-state index in [1.54, 1.807) is 24.3 Å². The summed E-state index contributed by atoms with van der Waals surface area (Å²) in [6, 6.07) is 14.7. The molecule has 1 fully saturated rings. The smallest absolute Gasteiger partial charge is 0.314 e. The van der Waals surface area contributed by atoms with Crippen molar-refractivity contribution in [1.82, 2.24) is 0 Å². The van der Waals surface area contributed by atoms with Gasteiger partial charge in [-0.3, -0.25) is 4.79 Å². The van der Waals surface area contributed by atoms with Crippen LogP contribution in [0.2, 0.25) is 0 Å². The van der Waals surface area contributed by atoms with Gasteiger partial charge in [0.25, 0.3) is 0 Å². The topological polar surface area (TPSA) is 35.5 Å². The lowest BCUT2D eigenvalue weighted by Gasteiger charge is -2.28. The number of carbonyl (C=O) groups is 1. The summed E-state index contributed by atoms with van der Waals surface area (Å²) in [5.74, 6) is -2.95. The second-order valence-corrected chi connectivity index (χ2v) is 9.81. The first-order chi connectivity index (χ1) is 17.9. The van der Waals surface area contributed by atoms with E-state index in [0.717, 1.165) is 30.9 Å². The van der Waals surface area contributed by atoms with Crippen LogP contribution >= 0.6 is 0 Å². The monoisotopic (exact) mass is 510 g/mol. The number of hydrogen-bond acceptors (Lipinski definition) is 3. The Morgan fingerprint density at radius 3 is 2.30 bits per heavy atom. The third-order valence-electron chi connectivity index (χ3n) is 7.10. The Morgan fingerprint density at radius 2 is 1.62 bits per heavy atom. The van der Waals surface area contributed by atoms with E-state index >= 15 is 4.39 Å². The van der Waals surface area contributed by atoms with Gasteiger partial charge in [0.05, 0.1) is 12.5 Å². The average Bonchev–Trinajstić information content (AvgIpc) is 2.90. The SMILES string of the molecule is CCCCCOc1ccc(OC(=O)C2CCC(c3ccc(-c4ccc(C)cc4)c(F)c3F)CC2)cc1F. The largest absolute Gasteiger partial charge is 0.491 e. The van der Waals surface area contributed by atoms with Crippen molar-refractivity contribution in [3.63, 3.8) is 0 Å². The standard InChI is InChI=1S/C31H33F3O3/c1-3-4-5-18-36-28-17-14-24(19-27(28)32)37-31(35)23-12-10-22(11-13-23)26-16-15-25(29(33)30(26)34)21-8-6-20(2)7-9-21/h6-9,14-17,19,22-23H,3-5,10-13,18H2,1-2H3. The Labute approximate surface area is 216 Å². The van der Waals surface area contributed by atoms with E-state index in [4.69, 9.17) is 9.47 Å². The number of ether oxygens (including phenoxy) is 2. The lowest BCUT2D eigenvalue weighted by atomic mass is 9.78. The van der Waals surface area contributed by atoms with Gasteiger partial charge in [0, 0.05) is 11.6 Å². The minimum absolute atomic E-state index is 0.130. The highest BCUT2D eigenvalue weighted by Crippen LogP contribution is 2.39. The number of unbranched alkanes of at least 4 members (excludes halogenated alkanes) is 2. The maximum Gasteiger partial charge on any atom is 0.314 e. The molecule has 0 spiro atoms. The molecule has 4 rings (SSSR count). The Kier molecular flexibility index (Phi) is 8.91. The van der Waals surface area contributed by atoms with E-state index in [1.165, 1.54) is 12.1 Å². The van der Waals surface area contributed by atoms with Crippen LogP contribution in [0.15, 0.2) is 54.6 Å². The molecule has 3 aromatic rings. The number of hydrogen-bond donors (Lipinski definition) is 0. The van der Waals surface area contributed by atoms with E-state index < -0.39 is 23.4 Å². The Bertz CT molecular complexity index is 1220. The molecular formula is C31H33F3O3. The van der Waals surface area contributed by atoms with Gasteiger partial charge in [-0.2, -0.15) is 0 Å². The number of esters is 1. The summed E-state index contributed by atoms with van der Waals surface area (Å²) >= 11 is 0. The molecule has 0 radical (unpaired) electrons. The van der Waals surface area contributed by atoms with Crippen LogP contribution in [0.1, 0.15) is 68.9 Å². The molecule has 1 saturated carbocycles. The highest BCUT2D eigenvalue weighted by Gasteiger charge is 2.31. The van der Waals surface area contributed by atoms with Crippen LogP contribution in [0.5, 0.6) is 11.5 Å². The zero-order valence-corrected chi connectivity index (χ0v) is 21.4. The Balaban J connectivity index is 1.33. The van der Waals surface area contributed by atoms with Crippen molar-refractivity contribution < 1.29 is 27.4 Å². The van der Waals surface area contributed by atoms with Gasteiger partial charge in [0.1, 0.15) is 5.75 Å². The molecule has 196 valence electrons. The van der Waals surface area contributed by atoms with Crippen molar-refractivity contribution in [2.45, 2.75) is 64.7 Å². The quantitative estimate of drug-likeness (QED) is 0.164. The van der Waals surface area contributed by atoms with Crippen LogP contribution in [0.25, 0.3) is 11.1 Å². The van der Waals surface area contributed by atoms with Crippen LogP contribution < -0.4 is 9.47 Å². The molecule has 1 aliphatic rings. The molecule has 0 unspecified atom stereocenters. The third kappa shape index (κ3) is 6.54. The summed E-state index contributed by atoms with van der Waals surface area (Å²) in [5.41, 5.74) is 2.26. The number of benzene rings is 3. The van der Waals surface area contributed by atoms with Gasteiger partial charge in [-0.15, -0.1) is 0 Å². The van der Waals surface area contributed by atoms with Gasteiger partial charge >= 0.3 is 5.97 Å². The summed E-state index contributed by atoms with van der Waals surface area (Å²) in [7, 11) is 0. The lowest BCUT2D eigenvalue weighted by molar-refractivity contribution is -0.140. The van der Waals surface area contributed by atoms with Crippen LogP contribution in [0, 0.1) is 30.3 Å². The van der Waals surface area contributed by atoms with Crippen LogP contribution in [-0.2, 0) is 4.79 Å². The predicted molar refractivity (Wildman–Crippen MR) is 138 cm³/mol. The number of rotatable bonds is 9. The minimum Gasteiger partial charge on any atom is -0.491 e. The summed E-state index contributed by atoms with van der Waals surface area (Å²) in [6.45, 7) is 4.46. The maximum absolute atomic E-state index is 15.0. The molecule has 0 bridgehead atoms. The minimum atomic E-state index is -0.845. The summed E-state index contributed by atoms with van der Waals surface area (Å²) in [4.78, 5) is 12.7. The zero-order chi connectivity index (χ0) is 26.4. The molecule has 0 saturated heterocycles. The molecule has 6 heteroatoms. The van der Waals surface area contributed by atoms with Crippen molar-refractivity contribution in [1.29, 1.82) is 0 Å². The number of carbonyl (C=O) groups excluding carboxylic acids is 1. The van der Waals surface area contributed by atoms with Crippen LogP contribution in [-0.4, -0.2) is 12.6 Å². The van der Waals surface area contributed by atoms with Crippen molar-refractivity contribution in [3.05, 3.63) is 83.2 Å². The molecule has 3 aromatic carbocycles. The van der Waals surface area contributed by atoms with Crippen molar-refractivity contribution >= 4 is 5.97 Å². The normalized spacial score (nSPS) is 17.4. The fourth-order valence-corrected chi connectivity index (χ4v) is 4.87. The van der Waals surface area contributed by atoms with Crippen molar-refractivity contribution in [3.8, 4) is 22.6 Å². The first-order valence-corrected chi connectivity index (χ1v) is 13.1. The Morgan fingerprint density at radius 1 is 0.892 bits per heavy atom. The number of halogens is 3. The second kappa shape index (κ2) is 12.3. The molecule has 1 aliphatic carbocycles. The zero-order valence-electron chi connectivity index (χ0n) is 21.4. The fourth-order valence-electron chi connectivity index (χ4n) is 4.87. The highest BCUT2D eigenvalue weighted by atomic mass is 19.2.